The fourth-order valence-electron chi connectivity index (χ4n) is 2.00. The van der Waals surface area contributed by atoms with Gasteiger partial charge in [0.05, 0.1) is 0 Å². The van der Waals surface area contributed by atoms with Crippen molar-refractivity contribution in [3.63, 3.8) is 0 Å². The number of hydrogen-bond acceptors (Lipinski definition) is 5. The highest BCUT2D eigenvalue weighted by Crippen LogP contribution is 2.27. The van der Waals surface area contributed by atoms with Crippen LogP contribution in [-0.2, 0) is 0 Å². The molecule has 1 unspecified atom stereocenters. The summed E-state index contributed by atoms with van der Waals surface area (Å²) < 4.78 is 5.64. The molecule has 0 radical (unpaired) electrons. The number of nitrogens with zero attached hydrogens (tertiary/aromatic N) is 1. The van der Waals surface area contributed by atoms with Crippen LogP contribution in [0, 0.1) is 5.41 Å². The number of aliphatic hydroxyl groups excluding tert-OH is 1. The Morgan fingerprint density at radius 2 is 2.16 bits per heavy atom. The molecule has 0 fully saturated rings. The van der Waals surface area contributed by atoms with Gasteiger partial charge in [-0.25, -0.2) is 0 Å². The van der Waals surface area contributed by atoms with Gasteiger partial charge in [-0.05, 0) is 24.0 Å². The highest BCUT2D eigenvalue weighted by molar-refractivity contribution is 5.78. The Bertz CT molecular complexity index is 557. The van der Waals surface area contributed by atoms with Gasteiger partial charge >= 0.3 is 0 Å². The summed E-state index contributed by atoms with van der Waals surface area (Å²) in [4.78, 5) is 4.37. The molecule has 2 aromatic rings. The SMILES string of the molecule is CC(C)(C)C(CCO)Nc1nc2ccc(N)cc2o1. The zero-order chi connectivity index (χ0) is 14.0. The molecule has 0 spiro atoms. The minimum atomic E-state index is 0.00239. The highest BCUT2D eigenvalue weighted by Gasteiger charge is 2.25. The van der Waals surface area contributed by atoms with E-state index in [1.165, 1.54) is 0 Å². The average molecular weight is 263 g/mol. The minimum Gasteiger partial charge on any atom is -0.423 e. The smallest absolute Gasteiger partial charge is 0.295 e. The van der Waals surface area contributed by atoms with Crippen molar-refractivity contribution in [1.82, 2.24) is 4.98 Å². The van der Waals surface area contributed by atoms with Crippen LogP contribution in [0.4, 0.5) is 11.7 Å². The zero-order valence-corrected chi connectivity index (χ0v) is 11.6. The number of nitrogens with one attached hydrogen (secondary N) is 1. The number of oxazole rings is 1. The number of aliphatic hydroxyl groups is 1. The Balaban J connectivity index is 2.24. The van der Waals surface area contributed by atoms with Crippen molar-refractivity contribution in [3.8, 4) is 0 Å². The van der Waals surface area contributed by atoms with Crippen LogP contribution >= 0.6 is 0 Å². The lowest BCUT2D eigenvalue weighted by molar-refractivity contribution is 0.233. The molecule has 1 aromatic heterocycles. The first-order valence-corrected chi connectivity index (χ1v) is 6.43. The van der Waals surface area contributed by atoms with E-state index in [4.69, 9.17) is 15.3 Å². The van der Waals surface area contributed by atoms with Gasteiger partial charge in [0.15, 0.2) is 5.58 Å². The normalized spacial score (nSPS) is 13.7. The molecule has 1 aromatic carbocycles. The summed E-state index contributed by atoms with van der Waals surface area (Å²) in [6, 6.07) is 5.93. The van der Waals surface area contributed by atoms with Gasteiger partial charge in [-0.2, -0.15) is 4.98 Å². The number of benzene rings is 1. The maximum absolute atomic E-state index is 9.15. The first-order valence-electron chi connectivity index (χ1n) is 6.43. The fourth-order valence-corrected chi connectivity index (χ4v) is 2.00. The predicted molar refractivity (Wildman–Crippen MR) is 77.0 cm³/mol. The Hall–Kier alpha value is -1.75. The number of rotatable bonds is 4. The molecule has 104 valence electrons. The van der Waals surface area contributed by atoms with Gasteiger partial charge in [0, 0.05) is 24.4 Å². The van der Waals surface area contributed by atoms with Gasteiger partial charge < -0.3 is 20.6 Å². The standard InChI is InChI=1S/C14H21N3O2/c1-14(2,3)12(6-7-18)17-13-16-10-5-4-9(15)8-11(10)19-13/h4-5,8,12,18H,6-7,15H2,1-3H3,(H,16,17). The van der Waals surface area contributed by atoms with Crippen LogP contribution in [-0.4, -0.2) is 22.7 Å². The third kappa shape index (κ3) is 3.17. The maximum Gasteiger partial charge on any atom is 0.295 e. The average Bonchev–Trinajstić information content (AvgIpc) is 2.68. The predicted octanol–water partition coefficient (Wildman–Crippen LogP) is 2.62. The van der Waals surface area contributed by atoms with Crippen molar-refractivity contribution in [1.29, 1.82) is 0 Å². The van der Waals surface area contributed by atoms with Crippen molar-refractivity contribution >= 4 is 22.8 Å². The van der Waals surface area contributed by atoms with Crippen molar-refractivity contribution < 1.29 is 9.52 Å². The summed E-state index contributed by atoms with van der Waals surface area (Å²) in [6.45, 7) is 6.46. The molecular weight excluding hydrogens is 242 g/mol. The Kier molecular flexibility index (Phi) is 3.66. The van der Waals surface area contributed by atoms with E-state index in [1.807, 2.05) is 6.07 Å². The first kappa shape index (κ1) is 13.7. The van der Waals surface area contributed by atoms with Crippen molar-refractivity contribution in [2.24, 2.45) is 5.41 Å². The topological polar surface area (TPSA) is 84.3 Å². The second kappa shape index (κ2) is 5.09. The lowest BCUT2D eigenvalue weighted by atomic mass is 9.85. The number of hydrogen-bond donors (Lipinski definition) is 3. The molecule has 5 heteroatoms. The van der Waals surface area contributed by atoms with Crippen molar-refractivity contribution in [3.05, 3.63) is 18.2 Å². The molecule has 0 aliphatic heterocycles. The molecule has 0 aliphatic carbocycles. The van der Waals surface area contributed by atoms with Gasteiger partial charge in [0.1, 0.15) is 5.52 Å². The Labute approximate surface area is 112 Å². The van der Waals surface area contributed by atoms with Crippen LogP contribution < -0.4 is 11.1 Å². The summed E-state index contributed by atoms with van der Waals surface area (Å²) in [7, 11) is 0. The first-order chi connectivity index (χ1) is 8.90. The van der Waals surface area contributed by atoms with E-state index in [9.17, 15) is 0 Å². The number of aromatic nitrogens is 1. The molecule has 4 N–H and O–H groups in total. The van der Waals surface area contributed by atoms with E-state index in [-0.39, 0.29) is 18.1 Å². The van der Waals surface area contributed by atoms with E-state index in [0.29, 0.717) is 23.7 Å². The lowest BCUT2D eigenvalue weighted by Gasteiger charge is -2.30. The highest BCUT2D eigenvalue weighted by atomic mass is 16.4. The van der Waals surface area contributed by atoms with Crippen LogP contribution in [0.3, 0.4) is 0 Å². The summed E-state index contributed by atoms with van der Waals surface area (Å²) in [5, 5.41) is 12.4. The number of anilines is 2. The largest absolute Gasteiger partial charge is 0.423 e. The summed E-state index contributed by atoms with van der Waals surface area (Å²) >= 11 is 0. The Morgan fingerprint density at radius 3 is 2.79 bits per heavy atom. The van der Waals surface area contributed by atoms with Crippen molar-refractivity contribution in [2.45, 2.75) is 33.2 Å². The summed E-state index contributed by atoms with van der Waals surface area (Å²) in [6.07, 6.45) is 0.643. The molecule has 1 heterocycles. The summed E-state index contributed by atoms with van der Waals surface area (Å²) in [5.41, 5.74) is 7.80. The van der Waals surface area contributed by atoms with Gasteiger partial charge in [0.2, 0.25) is 0 Å². The van der Waals surface area contributed by atoms with E-state index < -0.39 is 0 Å². The van der Waals surface area contributed by atoms with Crippen LogP contribution in [0.15, 0.2) is 22.6 Å². The number of nitrogens with two attached hydrogens (primary N) is 1. The van der Waals surface area contributed by atoms with E-state index in [0.717, 1.165) is 5.52 Å². The van der Waals surface area contributed by atoms with Crippen LogP contribution in [0.25, 0.3) is 11.1 Å². The molecule has 0 saturated heterocycles. The van der Waals surface area contributed by atoms with E-state index in [2.05, 4.69) is 31.1 Å². The van der Waals surface area contributed by atoms with Gasteiger partial charge in [-0.1, -0.05) is 20.8 Å². The molecule has 19 heavy (non-hydrogen) atoms. The molecule has 0 saturated carbocycles. The number of fused-ring (bicyclic) bond motifs is 1. The van der Waals surface area contributed by atoms with Crippen LogP contribution in [0.2, 0.25) is 0 Å². The van der Waals surface area contributed by atoms with Gasteiger partial charge in [-0.15, -0.1) is 0 Å². The maximum atomic E-state index is 9.15. The van der Waals surface area contributed by atoms with E-state index >= 15 is 0 Å². The molecule has 2 rings (SSSR count). The minimum absolute atomic E-state index is 0.00239. The quantitative estimate of drug-likeness (QED) is 0.738. The second-order valence-corrected chi connectivity index (χ2v) is 5.82. The molecule has 0 bridgehead atoms. The van der Waals surface area contributed by atoms with E-state index in [1.54, 1.807) is 12.1 Å². The van der Waals surface area contributed by atoms with Crippen LogP contribution in [0.5, 0.6) is 0 Å². The number of nitrogen functional groups attached to an aromatic ring is 1. The zero-order valence-electron chi connectivity index (χ0n) is 11.6. The third-order valence-electron chi connectivity index (χ3n) is 3.17. The molecule has 1 atom stereocenters. The molecule has 5 nitrogen and oxygen atoms in total. The second-order valence-electron chi connectivity index (χ2n) is 5.82. The lowest BCUT2D eigenvalue weighted by Crippen LogP contribution is -2.34. The van der Waals surface area contributed by atoms with Gasteiger partial charge in [0.25, 0.3) is 6.01 Å². The van der Waals surface area contributed by atoms with Gasteiger partial charge in [-0.3, -0.25) is 0 Å². The Morgan fingerprint density at radius 1 is 1.42 bits per heavy atom. The van der Waals surface area contributed by atoms with Crippen LogP contribution in [0.1, 0.15) is 27.2 Å². The molecule has 0 aliphatic rings. The summed E-state index contributed by atoms with van der Waals surface area (Å²) in [5.74, 6) is 0. The molecule has 0 amide bonds. The third-order valence-corrected chi connectivity index (χ3v) is 3.17. The van der Waals surface area contributed by atoms with Crippen molar-refractivity contribution in [2.75, 3.05) is 17.7 Å². The monoisotopic (exact) mass is 263 g/mol. The fraction of sp³-hybridized carbons (Fsp3) is 0.500. The molecular formula is C14H21N3O2.